The van der Waals surface area contributed by atoms with Gasteiger partial charge in [-0.2, -0.15) is 0 Å². The first kappa shape index (κ1) is 15.6. The number of benzene rings is 2. The minimum atomic E-state index is -1.25. The molecule has 0 spiro atoms. The third kappa shape index (κ3) is 3.29. The highest BCUT2D eigenvalue weighted by molar-refractivity contribution is 6.21. The van der Waals surface area contributed by atoms with Gasteiger partial charge >= 0.3 is 0 Å². The molecule has 0 aliphatic carbocycles. The van der Waals surface area contributed by atoms with Gasteiger partial charge in [0.15, 0.2) is 0 Å². The van der Waals surface area contributed by atoms with E-state index in [0.717, 1.165) is 24.3 Å². The second kappa shape index (κ2) is 6.35. The first-order valence-corrected chi connectivity index (χ1v) is 6.47. The van der Waals surface area contributed by atoms with Crippen LogP contribution in [0.25, 0.3) is 0 Å². The lowest BCUT2D eigenvalue weighted by Gasteiger charge is -2.14. The van der Waals surface area contributed by atoms with E-state index in [1.54, 1.807) is 0 Å². The average Bonchev–Trinajstić information content (AvgIpc) is 2.42. The van der Waals surface area contributed by atoms with Crippen molar-refractivity contribution in [2.75, 3.05) is 7.11 Å². The first-order valence-electron chi connectivity index (χ1n) is 6.04. The molecule has 21 heavy (non-hydrogen) atoms. The summed E-state index contributed by atoms with van der Waals surface area (Å²) in [5.74, 6) is -3.48. The molecule has 0 aliphatic heterocycles. The molecule has 0 saturated carbocycles. The van der Waals surface area contributed by atoms with Crippen LogP contribution in [0.3, 0.4) is 0 Å². The zero-order valence-corrected chi connectivity index (χ0v) is 11.7. The first-order chi connectivity index (χ1) is 9.93. The summed E-state index contributed by atoms with van der Waals surface area (Å²) in [5.41, 5.74) is -0.757. The minimum Gasteiger partial charge on any atom is -0.497 e. The maximum Gasteiger partial charge on any atom is 0.134 e. The zero-order valence-electron chi connectivity index (χ0n) is 11.0. The van der Waals surface area contributed by atoms with Crippen molar-refractivity contribution in [2.24, 2.45) is 0 Å². The number of rotatable bonds is 4. The molecule has 1 atom stereocenters. The van der Waals surface area contributed by atoms with Gasteiger partial charge in [-0.15, -0.1) is 11.6 Å². The van der Waals surface area contributed by atoms with Gasteiger partial charge in [0.25, 0.3) is 0 Å². The fourth-order valence-electron chi connectivity index (χ4n) is 1.99. The standard InChI is InChI=1S/C15H11ClF4O/c1-21-8-5-13(19)15(14(20)6-8)10(16)7-9-11(17)3-2-4-12(9)18/h2-6,10H,7H2,1H3. The summed E-state index contributed by atoms with van der Waals surface area (Å²) < 4.78 is 59.5. The molecule has 0 fully saturated rings. The molecule has 0 aliphatic rings. The summed E-state index contributed by atoms with van der Waals surface area (Å²) in [4.78, 5) is 0. The maximum atomic E-state index is 13.9. The van der Waals surface area contributed by atoms with Gasteiger partial charge in [-0.3, -0.25) is 0 Å². The van der Waals surface area contributed by atoms with Crippen LogP contribution in [0.15, 0.2) is 30.3 Å². The summed E-state index contributed by atoms with van der Waals surface area (Å²) >= 11 is 5.94. The number of hydrogen-bond acceptors (Lipinski definition) is 1. The quantitative estimate of drug-likeness (QED) is 0.582. The molecule has 0 saturated heterocycles. The van der Waals surface area contributed by atoms with E-state index in [1.807, 2.05) is 0 Å². The smallest absolute Gasteiger partial charge is 0.134 e. The van der Waals surface area contributed by atoms with Crippen LogP contribution < -0.4 is 4.74 Å². The molecule has 2 rings (SSSR count). The van der Waals surface area contributed by atoms with Crippen LogP contribution in [0.1, 0.15) is 16.5 Å². The van der Waals surface area contributed by atoms with Gasteiger partial charge < -0.3 is 4.74 Å². The van der Waals surface area contributed by atoms with E-state index in [2.05, 4.69) is 0 Å². The summed E-state index contributed by atoms with van der Waals surface area (Å²) in [5, 5.41) is -1.25. The van der Waals surface area contributed by atoms with E-state index in [-0.39, 0.29) is 17.7 Å². The summed E-state index contributed by atoms with van der Waals surface area (Å²) in [6.07, 6.45) is -0.375. The molecule has 0 N–H and O–H groups in total. The topological polar surface area (TPSA) is 9.23 Å². The Morgan fingerprint density at radius 2 is 1.52 bits per heavy atom. The Balaban J connectivity index is 2.35. The maximum absolute atomic E-state index is 13.9. The van der Waals surface area contributed by atoms with Crippen LogP contribution in [0, 0.1) is 23.3 Å². The molecule has 2 aromatic rings. The predicted molar refractivity (Wildman–Crippen MR) is 71.6 cm³/mol. The van der Waals surface area contributed by atoms with Crippen molar-refractivity contribution in [3.05, 3.63) is 64.7 Å². The van der Waals surface area contributed by atoms with Gasteiger partial charge in [0.1, 0.15) is 29.0 Å². The van der Waals surface area contributed by atoms with Crippen LogP contribution in [-0.4, -0.2) is 7.11 Å². The second-order valence-corrected chi connectivity index (χ2v) is 4.90. The van der Waals surface area contributed by atoms with E-state index in [9.17, 15) is 17.6 Å². The van der Waals surface area contributed by atoms with Crippen LogP contribution >= 0.6 is 11.6 Å². The third-order valence-electron chi connectivity index (χ3n) is 3.05. The van der Waals surface area contributed by atoms with Crippen molar-refractivity contribution in [3.8, 4) is 5.75 Å². The van der Waals surface area contributed by atoms with Crippen molar-refractivity contribution in [1.82, 2.24) is 0 Å². The van der Waals surface area contributed by atoms with Crippen molar-refractivity contribution in [2.45, 2.75) is 11.8 Å². The van der Waals surface area contributed by atoms with E-state index >= 15 is 0 Å². The van der Waals surface area contributed by atoms with Gasteiger partial charge in [-0.05, 0) is 18.6 Å². The molecular formula is C15H11ClF4O. The molecule has 1 nitrogen and oxygen atoms in total. The Morgan fingerprint density at radius 3 is 2.00 bits per heavy atom. The molecule has 6 heteroatoms. The number of halogens is 5. The highest BCUT2D eigenvalue weighted by Crippen LogP contribution is 2.33. The second-order valence-electron chi connectivity index (χ2n) is 4.38. The molecule has 1 unspecified atom stereocenters. The number of ether oxygens (including phenoxy) is 1. The Bertz CT molecular complexity index is 617. The Hall–Kier alpha value is -1.75. The molecule has 0 bridgehead atoms. The Labute approximate surface area is 124 Å². The monoisotopic (exact) mass is 318 g/mol. The van der Waals surface area contributed by atoms with E-state index in [1.165, 1.54) is 13.2 Å². The molecular weight excluding hydrogens is 308 g/mol. The fourth-order valence-corrected chi connectivity index (χ4v) is 2.35. The van der Waals surface area contributed by atoms with E-state index in [0.29, 0.717) is 0 Å². The van der Waals surface area contributed by atoms with Crippen LogP contribution in [0.5, 0.6) is 5.75 Å². The lowest BCUT2D eigenvalue weighted by atomic mass is 10.0. The van der Waals surface area contributed by atoms with Crippen molar-refractivity contribution in [1.29, 1.82) is 0 Å². The van der Waals surface area contributed by atoms with Gasteiger partial charge in [-0.1, -0.05) is 6.07 Å². The van der Waals surface area contributed by atoms with Crippen LogP contribution in [0.4, 0.5) is 17.6 Å². The highest BCUT2D eigenvalue weighted by atomic mass is 35.5. The highest BCUT2D eigenvalue weighted by Gasteiger charge is 2.22. The van der Waals surface area contributed by atoms with Gasteiger partial charge in [-0.25, -0.2) is 17.6 Å². The van der Waals surface area contributed by atoms with Gasteiger partial charge in [0.05, 0.1) is 12.5 Å². The molecule has 0 radical (unpaired) electrons. The van der Waals surface area contributed by atoms with Gasteiger partial charge in [0.2, 0.25) is 0 Å². The van der Waals surface area contributed by atoms with Crippen molar-refractivity contribution in [3.63, 3.8) is 0 Å². The van der Waals surface area contributed by atoms with Crippen molar-refractivity contribution < 1.29 is 22.3 Å². The lowest BCUT2D eigenvalue weighted by Crippen LogP contribution is -2.06. The van der Waals surface area contributed by atoms with Crippen LogP contribution in [0.2, 0.25) is 0 Å². The zero-order chi connectivity index (χ0) is 15.6. The molecule has 0 heterocycles. The third-order valence-corrected chi connectivity index (χ3v) is 3.42. The van der Waals surface area contributed by atoms with E-state index in [4.69, 9.17) is 16.3 Å². The fraction of sp³-hybridized carbons (Fsp3) is 0.200. The van der Waals surface area contributed by atoms with Crippen LogP contribution in [-0.2, 0) is 6.42 Å². The molecule has 0 aromatic heterocycles. The minimum absolute atomic E-state index is 0.00492. The SMILES string of the molecule is COc1cc(F)c(C(Cl)Cc2c(F)cccc2F)c(F)c1. The average molecular weight is 319 g/mol. The Morgan fingerprint density at radius 1 is 1.00 bits per heavy atom. The number of alkyl halides is 1. The number of methoxy groups -OCH3 is 1. The summed E-state index contributed by atoms with van der Waals surface area (Å²) in [6, 6.07) is 5.24. The van der Waals surface area contributed by atoms with Crippen molar-refractivity contribution >= 4 is 11.6 Å². The normalized spacial score (nSPS) is 12.3. The molecule has 0 amide bonds. The Kier molecular flexibility index (Phi) is 4.73. The predicted octanol–water partition coefficient (Wildman–Crippen LogP) is 4.77. The van der Waals surface area contributed by atoms with E-state index < -0.39 is 34.2 Å². The number of hydrogen-bond donors (Lipinski definition) is 0. The lowest BCUT2D eigenvalue weighted by molar-refractivity contribution is 0.405. The molecule has 2 aromatic carbocycles. The molecule has 112 valence electrons. The summed E-state index contributed by atoms with van der Waals surface area (Å²) in [6.45, 7) is 0. The largest absolute Gasteiger partial charge is 0.497 e. The van der Waals surface area contributed by atoms with Gasteiger partial charge in [0, 0.05) is 23.3 Å². The summed E-state index contributed by atoms with van der Waals surface area (Å²) in [7, 11) is 1.26.